The van der Waals surface area contributed by atoms with E-state index in [1.807, 2.05) is 30.4 Å². The van der Waals surface area contributed by atoms with E-state index in [4.69, 9.17) is 4.42 Å². The van der Waals surface area contributed by atoms with E-state index >= 15 is 0 Å². The van der Waals surface area contributed by atoms with Gasteiger partial charge in [0.15, 0.2) is 0 Å². The minimum absolute atomic E-state index is 0.614. The SMILES string of the molecule is N#CC(/C=C\Cn1c2ccc(-c3ccccc3)cc2c2c3oc4ccccc4c3ccc21)=C/Cn1c2ccccc2c2ccccc21. The van der Waals surface area contributed by atoms with Gasteiger partial charge in [0.1, 0.15) is 11.2 Å². The Labute approximate surface area is 271 Å². The van der Waals surface area contributed by atoms with Crippen molar-refractivity contribution in [3.63, 3.8) is 0 Å². The summed E-state index contributed by atoms with van der Waals surface area (Å²) in [6.45, 7) is 1.23. The summed E-state index contributed by atoms with van der Waals surface area (Å²) in [5.41, 5.74) is 9.36. The molecule has 0 spiro atoms. The summed E-state index contributed by atoms with van der Waals surface area (Å²) < 4.78 is 11.1. The molecule has 0 aliphatic rings. The van der Waals surface area contributed by atoms with Crippen LogP contribution in [0, 0.1) is 11.3 Å². The number of aromatic nitrogens is 2. The first kappa shape index (κ1) is 27.0. The molecular formula is C43H29N3O. The standard InChI is InChI=1S/C43H29N3O/c44-28-29(24-26-46-37-17-7-4-14-32(37)33-15-5-8-18-38(33)46)11-10-25-45-39-22-20-31(30-12-2-1-3-13-30)27-36(39)42-40(45)23-21-35-34-16-6-9-19-41(34)47-43(35)42/h1-24,27H,25-26H2/b11-10-,29-24+. The normalized spacial score (nSPS) is 12.4. The Bertz CT molecular complexity index is 2690. The first-order chi connectivity index (χ1) is 23.3. The van der Waals surface area contributed by atoms with Crippen LogP contribution < -0.4 is 0 Å². The number of benzene rings is 6. The molecule has 47 heavy (non-hydrogen) atoms. The molecule has 0 saturated heterocycles. The first-order valence-corrected chi connectivity index (χ1v) is 15.9. The van der Waals surface area contributed by atoms with Crippen molar-refractivity contribution in [1.29, 1.82) is 5.26 Å². The second-order valence-corrected chi connectivity index (χ2v) is 12.0. The van der Waals surface area contributed by atoms with E-state index in [1.165, 1.54) is 32.9 Å². The molecule has 0 aliphatic heterocycles. The van der Waals surface area contributed by atoms with Crippen LogP contribution in [0.2, 0.25) is 0 Å². The smallest absolute Gasteiger partial charge is 0.145 e. The van der Waals surface area contributed by atoms with E-state index in [1.54, 1.807) is 0 Å². The van der Waals surface area contributed by atoms with Gasteiger partial charge in [-0.3, -0.25) is 0 Å². The highest BCUT2D eigenvalue weighted by Crippen LogP contribution is 2.40. The molecule has 4 nitrogen and oxygen atoms in total. The van der Waals surface area contributed by atoms with Crippen LogP contribution >= 0.6 is 0 Å². The molecule has 0 amide bonds. The molecule has 0 aliphatic carbocycles. The molecule has 3 aromatic heterocycles. The zero-order valence-electron chi connectivity index (χ0n) is 25.6. The topological polar surface area (TPSA) is 46.8 Å². The average molecular weight is 604 g/mol. The third kappa shape index (κ3) is 4.36. The highest BCUT2D eigenvalue weighted by Gasteiger charge is 2.18. The van der Waals surface area contributed by atoms with E-state index in [2.05, 4.69) is 137 Å². The fraction of sp³-hybridized carbons (Fsp3) is 0.0465. The summed E-state index contributed by atoms with van der Waals surface area (Å²) in [6, 6.07) is 49.1. The van der Waals surface area contributed by atoms with Crippen molar-refractivity contribution in [2.24, 2.45) is 0 Å². The van der Waals surface area contributed by atoms with E-state index in [0.29, 0.717) is 18.7 Å². The molecule has 0 bridgehead atoms. The number of nitrogens with zero attached hydrogens (tertiary/aromatic N) is 3. The predicted molar refractivity (Wildman–Crippen MR) is 194 cm³/mol. The van der Waals surface area contributed by atoms with E-state index in [9.17, 15) is 5.26 Å². The van der Waals surface area contributed by atoms with Gasteiger partial charge in [-0.1, -0.05) is 97.1 Å². The van der Waals surface area contributed by atoms with Gasteiger partial charge in [0.05, 0.1) is 17.0 Å². The van der Waals surface area contributed by atoms with E-state index in [0.717, 1.165) is 43.7 Å². The molecule has 0 atom stereocenters. The van der Waals surface area contributed by atoms with Crippen LogP contribution in [0.5, 0.6) is 0 Å². The van der Waals surface area contributed by atoms with Crippen molar-refractivity contribution in [1.82, 2.24) is 9.13 Å². The quantitative estimate of drug-likeness (QED) is 0.140. The van der Waals surface area contributed by atoms with Crippen LogP contribution in [0.4, 0.5) is 0 Å². The maximum atomic E-state index is 10.1. The lowest BCUT2D eigenvalue weighted by molar-refractivity contribution is 0.673. The average Bonchev–Trinajstić information content (AvgIpc) is 3.77. The van der Waals surface area contributed by atoms with Gasteiger partial charge in [-0.15, -0.1) is 0 Å². The molecule has 0 radical (unpaired) electrons. The van der Waals surface area contributed by atoms with Gasteiger partial charge in [-0.2, -0.15) is 5.26 Å². The molecule has 3 heterocycles. The second-order valence-electron chi connectivity index (χ2n) is 12.0. The van der Waals surface area contributed by atoms with Crippen LogP contribution in [0.15, 0.2) is 162 Å². The molecule has 9 aromatic rings. The highest BCUT2D eigenvalue weighted by molar-refractivity contribution is 6.23. The summed E-state index contributed by atoms with van der Waals surface area (Å²) in [6.07, 6.45) is 6.06. The summed E-state index contributed by atoms with van der Waals surface area (Å²) in [7, 11) is 0. The maximum absolute atomic E-state index is 10.1. The third-order valence-corrected chi connectivity index (χ3v) is 9.37. The molecular weight excluding hydrogens is 574 g/mol. The van der Waals surface area contributed by atoms with Crippen LogP contribution in [-0.4, -0.2) is 9.13 Å². The van der Waals surface area contributed by atoms with Crippen molar-refractivity contribution in [3.8, 4) is 17.2 Å². The number of furan rings is 1. The third-order valence-electron chi connectivity index (χ3n) is 9.37. The number of hydrogen-bond acceptors (Lipinski definition) is 2. The Kier molecular flexibility index (Phi) is 6.29. The summed E-state index contributed by atoms with van der Waals surface area (Å²) in [5, 5.41) is 17.1. The van der Waals surface area contributed by atoms with Crippen LogP contribution in [0.1, 0.15) is 0 Å². The molecule has 4 heteroatoms. The minimum Gasteiger partial charge on any atom is -0.455 e. The number of allylic oxidation sites excluding steroid dienone is 4. The van der Waals surface area contributed by atoms with E-state index < -0.39 is 0 Å². The number of rotatable bonds is 6. The minimum atomic E-state index is 0.614. The van der Waals surface area contributed by atoms with Crippen molar-refractivity contribution >= 4 is 65.6 Å². The van der Waals surface area contributed by atoms with Gasteiger partial charge in [0.25, 0.3) is 0 Å². The van der Waals surface area contributed by atoms with Crippen LogP contribution in [0.3, 0.4) is 0 Å². The predicted octanol–water partition coefficient (Wildman–Crippen LogP) is 11.2. The highest BCUT2D eigenvalue weighted by atomic mass is 16.3. The molecule has 9 rings (SSSR count). The van der Waals surface area contributed by atoms with Gasteiger partial charge in [0.2, 0.25) is 0 Å². The molecule has 0 unspecified atom stereocenters. The lowest BCUT2D eigenvalue weighted by atomic mass is 10.0. The van der Waals surface area contributed by atoms with E-state index in [-0.39, 0.29) is 0 Å². The Morgan fingerprint density at radius 1 is 0.574 bits per heavy atom. The summed E-state index contributed by atoms with van der Waals surface area (Å²) in [4.78, 5) is 0. The zero-order chi connectivity index (χ0) is 31.3. The molecule has 0 fully saturated rings. The fourth-order valence-electron chi connectivity index (χ4n) is 7.20. The largest absolute Gasteiger partial charge is 0.455 e. The number of hydrogen-bond donors (Lipinski definition) is 0. The Morgan fingerprint density at radius 3 is 1.98 bits per heavy atom. The van der Waals surface area contributed by atoms with Crippen molar-refractivity contribution < 1.29 is 4.42 Å². The number of para-hydroxylation sites is 3. The first-order valence-electron chi connectivity index (χ1n) is 15.9. The lowest BCUT2D eigenvalue weighted by Gasteiger charge is -2.06. The van der Waals surface area contributed by atoms with Gasteiger partial charge >= 0.3 is 0 Å². The monoisotopic (exact) mass is 603 g/mol. The summed E-state index contributed by atoms with van der Waals surface area (Å²) >= 11 is 0. The maximum Gasteiger partial charge on any atom is 0.145 e. The van der Waals surface area contributed by atoms with Gasteiger partial charge in [0, 0.05) is 62.1 Å². The van der Waals surface area contributed by atoms with Crippen molar-refractivity contribution in [2.45, 2.75) is 13.1 Å². The Hall–Kier alpha value is -6.31. The lowest BCUT2D eigenvalue weighted by Crippen LogP contribution is -1.96. The van der Waals surface area contributed by atoms with Crippen LogP contribution in [0.25, 0.3) is 76.7 Å². The molecule has 6 aromatic carbocycles. The number of fused-ring (bicyclic) bond motifs is 10. The van der Waals surface area contributed by atoms with Crippen molar-refractivity contribution in [2.75, 3.05) is 0 Å². The van der Waals surface area contributed by atoms with Gasteiger partial charge in [-0.05, 0) is 65.7 Å². The molecule has 0 N–H and O–H groups in total. The van der Waals surface area contributed by atoms with Crippen molar-refractivity contribution in [3.05, 3.63) is 157 Å². The van der Waals surface area contributed by atoms with Crippen LogP contribution in [-0.2, 0) is 13.1 Å². The summed E-state index contributed by atoms with van der Waals surface area (Å²) in [5.74, 6) is 0. The second kappa shape index (κ2) is 10.9. The molecule has 0 saturated carbocycles. The van der Waals surface area contributed by atoms with Gasteiger partial charge in [-0.25, -0.2) is 0 Å². The zero-order valence-corrected chi connectivity index (χ0v) is 25.6. The molecule has 222 valence electrons. The fourth-order valence-corrected chi connectivity index (χ4v) is 7.20. The Balaban J connectivity index is 1.13. The number of nitriles is 1. The van der Waals surface area contributed by atoms with Gasteiger partial charge < -0.3 is 13.6 Å². The Morgan fingerprint density at radius 2 is 1.21 bits per heavy atom.